The topological polar surface area (TPSA) is 81.8 Å². The number of carbonyl (C=O) groups excluding carboxylic acids is 1. The average molecular weight is 468 g/mol. The molecule has 8 heteroatoms. The van der Waals surface area contributed by atoms with Gasteiger partial charge in [0.15, 0.2) is 0 Å². The van der Waals surface area contributed by atoms with Crippen LogP contribution in [0.4, 0.5) is 10.2 Å². The molecule has 3 aromatic carbocycles. The zero-order chi connectivity index (χ0) is 24.4. The Morgan fingerprint density at radius 3 is 2.46 bits per heavy atom. The summed E-state index contributed by atoms with van der Waals surface area (Å²) in [7, 11) is 0. The van der Waals surface area contributed by atoms with Crippen LogP contribution in [0.3, 0.4) is 0 Å². The lowest BCUT2D eigenvalue weighted by atomic mass is 10.1. The van der Waals surface area contributed by atoms with Crippen molar-refractivity contribution in [2.75, 3.05) is 5.32 Å². The number of hydrogen-bond donors (Lipinski definition) is 1. The number of amides is 1. The number of aryl methyl sites for hydroxylation is 1. The van der Waals surface area contributed by atoms with E-state index in [1.165, 1.54) is 16.7 Å². The number of hydrogen-bond acceptors (Lipinski definition) is 4. The highest BCUT2D eigenvalue weighted by Crippen LogP contribution is 2.28. The standard InChI is InChI=1S/C27H22FN5O2/c1-18-30-23-10-6-5-9-22(23)27(35)33(18)16-24(34)31-26-25(20-11-13-21(28)14-12-20)29-17-32(26)15-19-7-3-2-4-8-19/h2-14,17H,15-16H2,1H3,(H,31,34). The summed E-state index contributed by atoms with van der Waals surface area (Å²) in [6, 6.07) is 22.7. The number of nitrogens with one attached hydrogen (secondary N) is 1. The molecule has 2 aromatic heterocycles. The molecule has 0 aliphatic carbocycles. The summed E-state index contributed by atoms with van der Waals surface area (Å²) in [6.45, 7) is 1.97. The number of nitrogens with zero attached hydrogens (tertiary/aromatic N) is 4. The van der Waals surface area contributed by atoms with Crippen LogP contribution in [0.5, 0.6) is 0 Å². The van der Waals surface area contributed by atoms with E-state index in [0.717, 1.165) is 5.56 Å². The van der Waals surface area contributed by atoms with Gasteiger partial charge in [0.1, 0.15) is 29.7 Å². The number of imidazole rings is 1. The first-order valence-electron chi connectivity index (χ1n) is 11.1. The highest BCUT2D eigenvalue weighted by Gasteiger charge is 2.18. The third-order valence-corrected chi connectivity index (χ3v) is 5.76. The maximum Gasteiger partial charge on any atom is 0.261 e. The van der Waals surface area contributed by atoms with E-state index in [9.17, 15) is 14.0 Å². The van der Waals surface area contributed by atoms with E-state index >= 15 is 0 Å². The average Bonchev–Trinajstić information content (AvgIpc) is 3.24. The van der Waals surface area contributed by atoms with Crippen LogP contribution in [-0.4, -0.2) is 25.0 Å². The summed E-state index contributed by atoms with van der Waals surface area (Å²) in [5.41, 5.74) is 2.51. The third-order valence-electron chi connectivity index (χ3n) is 5.76. The van der Waals surface area contributed by atoms with Crippen LogP contribution in [0.1, 0.15) is 11.4 Å². The molecule has 2 heterocycles. The van der Waals surface area contributed by atoms with E-state index in [1.54, 1.807) is 43.6 Å². The minimum atomic E-state index is -0.398. The molecule has 35 heavy (non-hydrogen) atoms. The summed E-state index contributed by atoms with van der Waals surface area (Å²) in [5, 5.41) is 3.37. The lowest BCUT2D eigenvalue weighted by molar-refractivity contribution is -0.116. The van der Waals surface area contributed by atoms with Crippen molar-refractivity contribution in [2.45, 2.75) is 20.0 Å². The molecule has 7 nitrogen and oxygen atoms in total. The summed E-state index contributed by atoms with van der Waals surface area (Å²) >= 11 is 0. The van der Waals surface area contributed by atoms with Gasteiger partial charge in [0, 0.05) is 5.56 Å². The summed E-state index contributed by atoms with van der Waals surface area (Å²) in [4.78, 5) is 35.1. The molecular weight excluding hydrogens is 445 g/mol. The van der Waals surface area contributed by atoms with Crippen molar-refractivity contribution in [3.8, 4) is 11.3 Å². The van der Waals surface area contributed by atoms with Gasteiger partial charge < -0.3 is 9.88 Å². The van der Waals surface area contributed by atoms with Crippen molar-refractivity contribution in [3.63, 3.8) is 0 Å². The van der Waals surface area contributed by atoms with Crippen LogP contribution in [0, 0.1) is 12.7 Å². The van der Waals surface area contributed by atoms with Gasteiger partial charge in [0.05, 0.1) is 23.8 Å². The first-order valence-corrected chi connectivity index (χ1v) is 11.1. The number of anilines is 1. The van der Waals surface area contributed by atoms with Crippen molar-refractivity contribution in [2.24, 2.45) is 0 Å². The van der Waals surface area contributed by atoms with E-state index in [-0.39, 0.29) is 17.9 Å². The molecule has 0 saturated carbocycles. The molecule has 0 aliphatic heterocycles. The Labute approximate surface area is 200 Å². The second kappa shape index (κ2) is 9.34. The molecular formula is C27H22FN5O2. The van der Waals surface area contributed by atoms with Crippen molar-refractivity contribution >= 4 is 22.6 Å². The number of aromatic nitrogens is 4. The molecule has 0 bridgehead atoms. The fourth-order valence-electron chi connectivity index (χ4n) is 4.01. The van der Waals surface area contributed by atoms with E-state index in [2.05, 4.69) is 15.3 Å². The monoisotopic (exact) mass is 467 g/mol. The minimum Gasteiger partial charge on any atom is -0.312 e. The minimum absolute atomic E-state index is 0.206. The fraction of sp³-hybridized carbons (Fsp3) is 0.111. The molecule has 1 amide bonds. The van der Waals surface area contributed by atoms with E-state index < -0.39 is 5.91 Å². The molecule has 0 radical (unpaired) electrons. The van der Waals surface area contributed by atoms with Crippen LogP contribution < -0.4 is 10.9 Å². The van der Waals surface area contributed by atoms with Gasteiger partial charge in [-0.1, -0.05) is 42.5 Å². The molecule has 0 fully saturated rings. The van der Waals surface area contributed by atoms with Gasteiger partial charge in [-0.3, -0.25) is 14.2 Å². The predicted octanol–water partition coefficient (Wildman–Crippen LogP) is 4.39. The first kappa shape index (κ1) is 22.2. The highest BCUT2D eigenvalue weighted by molar-refractivity contribution is 5.93. The maximum atomic E-state index is 13.5. The van der Waals surface area contributed by atoms with Crippen LogP contribution in [0.15, 0.2) is 90.0 Å². The second-order valence-electron chi connectivity index (χ2n) is 8.18. The number of rotatable bonds is 6. The summed E-state index contributed by atoms with van der Waals surface area (Å²) in [6.07, 6.45) is 1.64. The molecule has 0 unspecified atom stereocenters. The van der Waals surface area contributed by atoms with E-state index in [1.807, 2.05) is 41.0 Å². The maximum absolute atomic E-state index is 13.5. The normalized spacial score (nSPS) is 11.0. The Morgan fingerprint density at radius 1 is 0.971 bits per heavy atom. The zero-order valence-electron chi connectivity index (χ0n) is 19.0. The van der Waals surface area contributed by atoms with Gasteiger partial charge in [-0.05, 0) is 48.9 Å². The predicted molar refractivity (Wildman–Crippen MR) is 133 cm³/mol. The highest BCUT2D eigenvalue weighted by atomic mass is 19.1. The van der Waals surface area contributed by atoms with Crippen LogP contribution in [0.2, 0.25) is 0 Å². The van der Waals surface area contributed by atoms with Crippen LogP contribution in [-0.2, 0) is 17.9 Å². The number of carbonyl (C=O) groups is 1. The van der Waals surface area contributed by atoms with E-state index in [4.69, 9.17) is 0 Å². The Balaban J connectivity index is 1.49. The quantitative estimate of drug-likeness (QED) is 0.402. The van der Waals surface area contributed by atoms with Gasteiger partial charge in [0.2, 0.25) is 5.91 Å². The van der Waals surface area contributed by atoms with Crippen molar-refractivity contribution in [1.29, 1.82) is 0 Å². The molecule has 0 atom stereocenters. The zero-order valence-corrected chi connectivity index (χ0v) is 19.0. The smallest absolute Gasteiger partial charge is 0.261 e. The number of benzene rings is 3. The Kier molecular flexibility index (Phi) is 5.93. The van der Waals surface area contributed by atoms with Crippen molar-refractivity contribution < 1.29 is 9.18 Å². The lowest BCUT2D eigenvalue weighted by Gasteiger charge is -2.14. The Morgan fingerprint density at radius 2 is 1.69 bits per heavy atom. The molecule has 174 valence electrons. The molecule has 0 aliphatic rings. The van der Waals surface area contributed by atoms with E-state index in [0.29, 0.717) is 40.3 Å². The molecule has 5 rings (SSSR count). The molecule has 1 N–H and O–H groups in total. The molecule has 5 aromatic rings. The second-order valence-corrected chi connectivity index (χ2v) is 8.18. The first-order chi connectivity index (χ1) is 17.0. The van der Waals surface area contributed by atoms with Crippen LogP contribution >= 0.6 is 0 Å². The largest absolute Gasteiger partial charge is 0.312 e. The van der Waals surface area contributed by atoms with Gasteiger partial charge in [-0.2, -0.15) is 0 Å². The van der Waals surface area contributed by atoms with Gasteiger partial charge in [-0.15, -0.1) is 0 Å². The summed E-state index contributed by atoms with van der Waals surface area (Å²) in [5.74, 6) is 0.150. The van der Waals surface area contributed by atoms with Crippen molar-refractivity contribution in [1.82, 2.24) is 19.1 Å². The molecule has 0 spiro atoms. The van der Waals surface area contributed by atoms with Crippen LogP contribution in [0.25, 0.3) is 22.2 Å². The summed E-state index contributed by atoms with van der Waals surface area (Å²) < 4.78 is 16.7. The van der Waals surface area contributed by atoms with Gasteiger partial charge in [0.25, 0.3) is 5.56 Å². The van der Waals surface area contributed by atoms with Gasteiger partial charge in [-0.25, -0.2) is 14.4 Å². The molecule has 0 saturated heterocycles. The number of halogens is 1. The fourth-order valence-corrected chi connectivity index (χ4v) is 4.01. The van der Waals surface area contributed by atoms with Crippen molar-refractivity contribution in [3.05, 3.63) is 113 Å². The Hall–Kier alpha value is -4.59. The number of para-hydroxylation sites is 1. The Bertz CT molecular complexity index is 1570. The SMILES string of the molecule is Cc1nc2ccccc2c(=O)n1CC(=O)Nc1c(-c2ccc(F)cc2)ncn1Cc1ccccc1. The number of fused-ring (bicyclic) bond motifs is 1. The van der Waals surface area contributed by atoms with Gasteiger partial charge >= 0.3 is 0 Å². The lowest BCUT2D eigenvalue weighted by Crippen LogP contribution is -2.30. The third kappa shape index (κ3) is 4.59.